The number of hydrogen-bond donors (Lipinski definition) is 0. The molecule has 0 aliphatic carbocycles. The van der Waals surface area contributed by atoms with Crippen molar-refractivity contribution in [2.24, 2.45) is 5.92 Å². The number of benzene rings is 2. The Kier molecular flexibility index (Phi) is 7.78. The fraction of sp³-hybridized carbons (Fsp3) is 0.381. The van der Waals surface area contributed by atoms with Crippen LogP contribution in [0.15, 0.2) is 36.4 Å². The molecule has 6 heteroatoms. The average molecular weight is 369 g/mol. The van der Waals surface area contributed by atoms with E-state index in [4.69, 9.17) is 19.5 Å². The summed E-state index contributed by atoms with van der Waals surface area (Å²) in [5.41, 5.74) is 1.01. The lowest BCUT2D eigenvalue weighted by molar-refractivity contribution is -0.149. The van der Waals surface area contributed by atoms with E-state index in [0.29, 0.717) is 11.1 Å². The van der Waals surface area contributed by atoms with E-state index in [1.54, 1.807) is 36.4 Å². The minimum atomic E-state index is -0.437. The van der Waals surface area contributed by atoms with Crippen LogP contribution >= 0.6 is 0 Å². The third-order valence-electron chi connectivity index (χ3n) is 4.15. The predicted octanol–water partition coefficient (Wildman–Crippen LogP) is 3.47. The monoisotopic (exact) mass is 369 g/mol. The summed E-state index contributed by atoms with van der Waals surface area (Å²) in [5, 5.41) is 10.7. The molecule has 0 saturated carbocycles. The number of carbonyl (C=O) groups is 2. The number of hydrogen-bond acceptors (Lipinski definition) is 6. The van der Waals surface area contributed by atoms with Crippen molar-refractivity contribution in [3.63, 3.8) is 0 Å². The number of carbonyl (C=O) groups excluding carboxylic acids is 2. The van der Waals surface area contributed by atoms with Gasteiger partial charge in [0.05, 0.1) is 36.3 Å². The number of nitriles is 1. The van der Waals surface area contributed by atoms with Gasteiger partial charge in [0.15, 0.2) is 0 Å². The Balaban J connectivity index is 1.71. The first-order chi connectivity index (χ1) is 13.0. The van der Waals surface area contributed by atoms with Crippen LogP contribution in [-0.4, -0.2) is 38.4 Å². The molecule has 0 N–H and O–H groups in total. The number of esters is 2. The predicted molar refractivity (Wildman–Crippen MR) is 100 cm³/mol. The van der Waals surface area contributed by atoms with Gasteiger partial charge in [-0.25, -0.2) is 4.79 Å². The Morgan fingerprint density at radius 2 is 1.67 bits per heavy atom. The van der Waals surface area contributed by atoms with Crippen molar-refractivity contribution in [1.82, 2.24) is 0 Å². The van der Waals surface area contributed by atoms with Gasteiger partial charge in [-0.05, 0) is 41.5 Å². The SMILES string of the molecule is CCC(C)C(=O)OCCOCCOC(=O)c1ccc2cc(C#N)ccc2c1. The number of fused-ring (bicyclic) bond motifs is 1. The molecule has 142 valence electrons. The van der Waals surface area contributed by atoms with Crippen LogP contribution in [0.4, 0.5) is 0 Å². The van der Waals surface area contributed by atoms with E-state index in [-0.39, 0.29) is 38.3 Å². The standard InChI is InChI=1S/C21H23NO5/c1-3-15(2)20(23)26-10-8-25-9-11-27-21(24)19-7-6-17-12-16(14-22)4-5-18(17)13-19/h4-7,12-13,15H,3,8-11H2,1-2H3. The van der Waals surface area contributed by atoms with Crippen LogP contribution in [0.25, 0.3) is 10.8 Å². The largest absolute Gasteiger partial charge is 0.463 e. The molecular formula is C21H23NO5. The van der Waals surface area contributed by atoms with Gasteiger partial charge < -0.3 is 14.2 Å². The maximum Gasteiger partial charge on any atom is 0.338 e. The zero-order chi connectivity index (χ0) is 19.6. The van der Waals surface area contributed by atoms with Crippen LogP contribution in [0, 0.1) is 17.2 Å². The topological polar surface area (TPSA) is 85.6 Å². The van der Waals surface area contributed by atoms with Crippen molar-refractivity contribution in [2.45, 2.75) is 20.3 Å². The van der Waals surface area contributed by atoms with Gasteiger partial charge in [0, 0.05) is 0 Å². The lowest BCUT2D eigenvalue weighted by Gasteiger charge is -2.10. The summed E-state index contributed by atoms with van der Waals surface area (Å²) in [4.78, 5) is 23.6. The zero-order valence-electron chi connectivity index (χ0n) is 15.6. The van der Waals surface area contributed by atoms with Crippen LogP contribution < -0.4 is 0 Å². The molecule has 0 aromatic heterocycles. The van der Waals surface area contributed by atoms with Crippen molar-refractivity contribution < 1.29 is 23.8 Å². The highest BCUT2D eigenvalue weighted by molar-refractivity contribution is 5.95. The summed E-state index contributed by atoms with van der Waals surface area (Å²) in [6.45, 7) is 4.53. The maximum absolute atomic E-state index is 12.1. The highest BCUT2D eigenvalue weighted by Gasteiger charge is 2.11. The molecule has 0 bridgehead atoms. The van der Waals surface area contributed by atoms with Crippen LogP contribution in [-0.2, 0) is 19.0 Å². The molecule has 27 heavy (non-hydrogen) atoms. The second-order valence-corrected chi connectivity index (χ2v) is 6.11. The molecule has 0 heterocycles. The Hall–Kier alpha value is -2.91. The van der Waals surface area contributed by atoms with Crippen molar-refractivity contribution in [3.8, 4) is 6.07 Å². The van der Waals surface area contributed by atoms with Gasteiger partial charge >= 0.3 is 11.9 Å². The summed E-state index contributed by atoms with van der Waals surface area (Å²) in [6.07, 6.45) is 0.740. The van der Waals surface area contributed by atoms with Crippen molar-refractivity contribution >= 4 is 22.7 Å². The molecule has 1 unspecified atom stereocenters. The lowest BCUT2D eigenvalue weighted by Crippen LogP contribution is -2.18. The van der Waals surface area contributed by atoms with Crippen LogP contribution in [0.5, 0.6) is 0 Å². The third-order valence-corrected chi connectivity index (χ3v) is 4.15. The first-order valence-corrected chi connectivity index (χ1v) is 8.90. The quantitative estimate of drug-likeness (QED) is 0.497. The smallest absolute Gasteiger partial charge is 0.338 e. The molecule has 2 aromatic rings. The fourth-order valence-electron chi connectivity index (χ4n) is 2.33. The van der Waals surface area contributed by atoms with Gasteiger partial charge in [0.25, 0.3) is 0 Å². The van der Waals surface area contributed by atoms with Gasteiger partial charge in [0.2, 0.25) is 0 Å². The van der Waals surface area contributed by atoms with E-state index in [0.717, 1.165) is 17.2 Å². The van der Waals surface area contributed by atoms with Crippen LogP contribution in [0.3, 0.4) is 0 Å². The van der Waals surface area contributed by atoms with Gasteiger partial charge in [0.1, 0.15) is 13.2 Å². The molecule has 0 saturated heterocycles. The molecule has 0 spiro atoms. The minimum Gasteiger partial charge on any atom is -0.463 e. The summed E-state index contributed by atoms with van der Waals surface area (Å²) < 4.78 is 15.5. The molecule has 0 aliphatic rings. The summed E-state index contributed by atoms with van der Waals surface area (Å²) in [6, 6.07) is 12.5. The first kappa shape index (κ1) is 20.4. The summed E-state index contributed by atoms with van der Waals surface area (Å²) in [5.74, 6) is -0.779. The summed E-state index contributed by atoms with van der Waals surface area (Å²) >= 11 is 0. The normalized spacial score (nSPS) is 11.6. The van der Waals surface area contributed by atoms with E-state index >= 15 is 0 Å². The third kappa shape index (κ3) is 6.08. The Labute approximate surface area is 158 Å². The van der Waals surface area contributed by atoms with Crippen LogP contribution in [0.1, 0.15) is 36.2 Å². The fourth-order valence-corrected chi connectivity index (χ4v) is 2.33. The molecular weight excluding hydrogens is 346 g/mol. The van der Waals surface area contributed by atoms with Crippen molar-refractivity contribution in [3.05, 3.63) is 47.5 Å². The minimum absolute atomic E-state index is 0.112. The van der Waals surface area contributed by atoms with Gasteiger partial charge in [-0.1, -0.05) is 26.0 Å². The highest BCUT2D eigenvalue weighted by atomic mass is 16.6. The molecule has 0 radical (unpaired) electrons. The highest BCUT2D eigenvalue weighted by Crippen LogP contribution is 2.18. The van der Waals surface area contributed by atoms with Gasteiger partial charge in [-0.3, -0.25) is 4.79 Å². The number of rotatable bonds is 9. The molecule has 0 aliphatic heterocycles. The maximum atomic E-state index is 12.1. The van der Waals surface area contributed by atoms with E-state index in [2.05, 4.69) is 6.07 Å². The van der Waals surface area contributed by atoms with Gasteiger partial charge in [-0.15, -0.1) is 0 Å². The van der Waals surface area contributed by atoms with E-state index < -0.39 is 5.97 Å². The van der Waals surface area contributed by atoms with E-state index in [9.17, 15) is 9.59 Å². The first-order valence-electron chi connectivity index (χ1n) is 8.90. The molecule has 2 aromatic carbocycles. The second kappa shape index (κ2) is 10.3. The zero-order valence-corrected chi connectivity index (χ0v) is 15.6. The molecule has 1 atom stereocenters. The Bertz CT molecular complexity index is 840. The van der Waals surface area contributed by atoms with E-state index in [1.807, 2.05) is 13.8 Å². The molecule has 0 amide bonds. The van der Waals surface area contributed by atoms with Gasteiger partial charge in [-0.2, -0.15) is 5.26 Å². The van der Waals surface area contributed by atoms with Crippen molar-refractivity contribution in [1.29, 1.82) is 5.26 Å². The van der Waals surface area contributed by atoms with Crippen LogP contribution in [0.2, 0.25) is 0 Å². The molecule has 0 fully saturated rings. The Morgan fingerprint density at radius 3 is 2.37 bits per heavy atom. The van der Waals surface area contributed by atoms with E-state index in [1.165, 1.54) is 0 Å². The average Bonchev–Trinajstić information content (AvgIpc) is 2.71. The lowest BCUT2D eigenvalue weighted by atomic mass is 10.0. The van der Waals surface area contributed by atoms with Crippen molar-refractivity contribution in [2.75, 3.05) is 26.4 Å². The molecule has 2 rings (SSSR count). The number of nitrogens with zero attached hydrogens (tertiary/aromatic N) is 1. The summed E-state index contributed by atoms with van der Waals surface area (Å²) in [7, 11) is 0. The second-order valence-electron chi connectivity index (χ2n) is 6.11. The molecule has 6 nitrogen and oxygen atoms in total. The number of ether oxygens (including phenoxy) is 3. The Morgan fingerprint density at radius 1 is 1.00 bits per heavy atom.